The molecule has 0 amide bonds. The minimum Gasteiger partial charge on any atom is -0.480 e. The van der Waals surface area contributed by atoms with Gasteiger partial charge in [0, 0.05) is 6.54 Å². The lowest BCUT2D eigenvalue weighted by atomic mass is 9.90. The van der Waals surface area contributed by atoms with Crippen LogP contribution in [-0.2, 0) is 17.9 Å². The van der Waals surface area contributed by atoms with Gasteiger partial charge in [-0.2, -0.15) is 5.10 Å². The summed E-state index contributed by atoms with van der Waals surface area (Å²) in [5, 5.41) is 13.9. The highest BCUT2D eigenvalue weighted by Crippen LogP contribution is 2.35. The van der Waals surface area contributed by atoms with E-state index >= 15 is 0 Å². The molecule has 2 heterocycles. The van der Waals surface area contributed by atoms with Crippen molar-refractivity contribution in [2.45, 2.75) is 64.6 Å². The molecule has 0 aliphatic carbocycles. The topological polar surface area (TPSA) is 71.2 Å². The van der Waals surface area contributed by atoms with Crippen molar-refractivity contribution in [1.82, 2.24) is 19.7 Å². The third-order valence-electron chi connectivity index (χ3n) is 4.15. The number of aliphatic carboxylic acids is 1. The van der Waals surface area contributed by atoms with Gasteiger partial charge < -0.3 is 5.11 Å². The van der Waals surface area contributed by atoms with Crippen LogP contribution >= 0.6 is 0 Å². The molecule has 1 N–H and O–H groups in total. The Bertz CT molecular complexity index is 460. The number of aromatic nitrogens is 3. The van der Waals surface area contributed by atoms with Crippen LogP contribution in [0.15, 0.2) is 6.33 Å². The van der Waals surface area contributed by atoms with E-state index < -0.39 is 11.5 Å². The first kappa shape index (κ1) is 15.0. The Labute approximate surface area is 119 Å². The molecule has 0 saturated carbocycles. The molecule has 0 aromatic carbocycles. The first-order valence-electron chi connectivity index (χ1n) is 7.49. The molecule has 1 saturated heterocycles. The lowest BCUT2D eigenvalue weighted by molar-refractivity contribution is -0.150. The zero-order valence-electron chi connectivity index (χ0n) is 12.4. The van der Waals surface area contributed by atoms with Gasteiger partial charge in [0.05, 0.1) is 6.54 Å². The monoisotopic (exact) mass is 280 g/mol. The molecule has 1 aromatic heterocycles. The Balaban J connectivity index is 2.18. The fourth-order valence-electron chi connectivity index (χ4n) is 3.19. The molecule has 6 heteroatoms. The van der Waals surface area contributed by atoms with Crippen molar-refractivity contribution in [2.24, 2.45) is 0 Å². The summed E-state index contributed by atoms with van der Waals surface area (Å²) in [4.78, 5) is 18.2. The number of carboxylic acids is 1. The molecular weight excluding hydrogens is 256 g/mol. The van der Waals surface area contributed by atoms with Gasteiger partial charge in [0.1, 0.15) is 17.7 Å². The Morgan fingerprint density at radius 1 is 1.45 bits per heavy atom. The molecule has 112 valence electrons. The second kappa shape index (κ2) is 6.35. The van der Waals surface area contributed by atoms with Crippen molar-refractivity contribution in [1.29, 1.82) is 0 Å². The average molecular weight is 280 g/mol. The molecule has 0 radical (unpaired) electrons. The highest BCUT2D eigenvalue weighted by molar-refractivity contribution is 5.79. The molecule has 2 rings (SSSR count). The maximum Gasteiger partial charge on any atom is 0.324 e. The molecule has 0 spiro atoms. The van der Waals surface area contributed by atoms with E-state index in [1.807, 2.05) is 11.6 Å². The fraction of sp³-hybridized carbons (Fsp3) is 0.786. The van der Waals surface area contributed by atoms with Crippen LogP contribution in [0.3, 0.4) is 0 Å². The van der Waals surface area contributed by atoms with E-state index in [4.69, 9.17) is 0 Å². The minimum absolute atomic E-state index is 0.576. The lowest BCUT2D eigenvalue weighted by Gasteiger charge is -2.34. The second-order valence-electron chi connectivity index (χ2n) is 5.51. The molecule has 1 atom stereocenters. The van der Waals surface area contributed by atoms with Crippen molar-refractivity contribution >= 4 is 5.97 Å². The minimum atomic E-state index is -0.711. The van der Waals surface area contributed by atoms with Gasteiger partial charge in [0.2, 0.25) is 0 Å². The van der Waals surface area contributed by atoms with Crippen LogP contribution in [0.1, 0.15) is 51.8 Å². The van der Waals surface area contributed by atoms with Crippen molar-refractivity contribution < 1.29 is 9.90 Å². The van der Waals surface area contributed by atoms with Gasteiger partial charge >= 0.3 is 5.97 Å². The zero-order chi connectivity index (χ0) is 14.6. The number of aryl methyl sites for hydroxylation is 1. The summed E-state index contributed by atoms with van der Waals surface area (Å²) >= 11 is 0. The Kier molecular flexibility index (Phi) is 4.75. The summed E-state index contributed by atoms with van der Waals surface area (Å²) < 4.78 is 1.89. The number of carboxylic acid groups (broad SMARTS) is 1. The summed E-state index contributed by atoms with van der Waals surface area (Å²) in [5.41, 5.74) is -0.711. The molecule has 20 heavy (non-hydrogen) atoms. The SMILES string of the molecule is CCCn1ncnc1CN1CCCC1(CCC)C(=O)O. The van der Waals surface area contributed by atoms with Gasteiger partial charge in [-0.3, -0.25) is 9.69 Å². The van der Waals surface area contributed by atoms with E-state index in [1.165, 1.54) is 0 Å². The maximum absolute atomic E-state index is 11.8. The Morgan fingerprint density at radius 2 is 2.25 bits per heavy atom. The second-order valence-corrected chi connectivity index (χ2v) is 5.51. The van der Waals surface area contributed by atoms with Crippen molar-refractivity contribution in [3.63, 3.8) is 0 Å². The van der Waals surface area contributed by atoms with Crippen molar-refractivity contribution in [3.8, 4) is 0 Å². The fourth-order valence-corrected chi connectivity index (χ4v) is 3.19. The maximum atomic E-state index is 11.8. The molecule has 1 aromatic rings. The van der Waals surface area contributed by atoms with Crippen molar-refractivity contribution in [2.75, 3.05) is 6.54 Å². The highest BCUT2D eigenvalue weighted by Gasteiger charge is 2.47. The molecule has 1 fully saturated rings. The van der Waals surface area contributed by atoms with Crippen LogP contribution in [0.2, 0.25) is 0 Å². The number of carbonyl (C=O) groups is 1. The van der Waals surface area contributed by atoms with Gasteiger partial charge in [-0.05, 0) is 32.2 Å². The van der Waals surface area contributed by atoms with Gasteiger partial charge in [-0.15, -0.1) is 0 Å². The van der Waals surface area contributed by atoms with E-state index in [-0.39, 0.29) is 0 Å². The van der Waals surface area contributed by atoms with E-state index in [0.29, 0.717) is 13.0 Å². The third kappa shape index (κ3) is 2.70. The van der Waals surface area contributed by atoms with Crippen LogP contribution in [-0.4, -0.2) is 42.8 Å². The van der Waals surface area contributed by atoms with Gasteiger partial charge in [-0.1, -0.05) is 20.3 Å². The molecule has 1 unspecified atom stereocenters. The first-order chi connectivity index (χ1) is 9.64. The summed E-state index contributed by atoms with van der Waals surface area (Å²) in [6, 6.07) is 0. The van der Waals surface area contributed by atoms with E-state index in [0.717, 1.165) is 44.6 Å². The first-order valence-corrected chi connectivity index (χ1v) is 7.49. The van der Waals surface area contributed by atoms with E-state index in [1.54, 1.807) is 6.33 Å². The molecule has 1 aliphatic rings. The summed E-state index contributed by atoms with van der Waals surface area (Å²) in [6.45, 7) is 6.37. The number of nitrogens with zero attached hydrogens (tertiary/aromatic N) is 4. The predicted octanol–water partition coefficient (Wildman–Crippen LogP) is 1.91. The van der Waals surface area contributed by atoms with E-state index in [2.05, 4.69) is 21.9 Å². The Hall–Kier alpha value is -1.43. The zero-order valence-corrected chi connectivity index (χ0v) is 12.4. The molecular formula is C14H24N4O2. The standard InChI is InChI=1S/C14H24N4O2/c1-3-6-14(13(19)20)7-5-9-17(14)10-12-15-11-16-18(12)8-4-2/h11H,3-10H2,1-2H3,(H,19,20). The normalized spacial score (nSPS) is 23.3. The van der Waals surface area contributed by atoms with Gasteiger partial charge in [0.25, 0.3) is 0 Å². The van der Waals surface area contributed by atoms with Gasteiger partial charge in [0.15, 0.2) is 0 Å². The van der Waals surface area contributed by atoms with Crippen molar-refractivity contribution in [3.05, 3.63) is 12.2 Å². The average Bonchev–Trinajstić information content (AvgIpc) is 3.00. The van der Waals surface area contributed by atoms with Crippen LogP contribution < -0.4 is 0 Å². The summed E-state index contributed by atoms with van der Waals surface area (Å²) in [6.07, 6.45) is 5.81. The highest BCUT2D eigenvalue weighted by atomic mass is 16.4. The Morgan fingerprint density at radius 3 is 2.90 bits per heavy atom. The molecule has 1 aliphatic heterocycles. The summed E-state index contributed by atoms with van der Waals surface area (Å²) in [7, 11) is 0. The van der Waals surface area contributed by atoms with Gasteiger partial charge in [-0.25, -0.2) is 9.67 Å². The largest absolute Gasteiger partial charge is 0.480 e. The quantitative estimate of drug-likeness (QED) is 0.826. The number of likely N-dealkylation sites (tertiary alicyclic amines) is 1. The number of hydrogen-bond donors (Lipinski definition) is 1. The van der Waals surface area contributed by atoms with E-state index in [9.17, 15) is 9.90 Å². The summed E-state index contributed by atoms with van der Waals surface area (Å²) in [5.74, 6) is 0.175. The van der Waals surface area contributed by atoms with Crippen LogP contribution in [0.5, 0.6) is 0 Å². The van der Waals surface area contributed by atoms with Crippen LogP contribution in [0, 0.1) is 0 Å². The smallest absolute Gasteiger partial charge is 0.324 e. The lowest BCUT2D eigenvalue weighted by Crippen LogP contribution is -2.50. The van der Waals surface area contributed by atoms with Crippen LogP contribution in [0.25, 0.3) is 0 Å². The third-order valence-corrected chi connectivity index (χ3v) is 4.15. The predicted molar refractivity (Wildman–Crippen MR) is 75.2 cm³/mol. The number of rotatable bonds is 7. The van der Waals surface area contributed by atoms with Crippen LogP contribution in [0.4, 0.5) is 0 Å². The number of hydrogen-bond acceptors (Lipinski definition) is 4. The molecule has 6 nitrogen and oxygen atoms in total. The molecule has 0 bridgehead atoms.